The predicted octanol–water partition coefficient (Wildman–Crippen LogP) is 1.77. The lowest BCUT2D eigenvalue weighted by Crippen LogP contribution is -2.49. The number of carbonyl (C=O) groups is 2. The Bertz CT molecular complexity index is 684. The van der Waals surface area contributed by atoms with E-state index in [1.807, 2.05) is 19.9 Å². The standard InChI is InChI=1S/C20H32ClN5O3/c1-13(2)10-17(19(28)29-12-14-6-4-7-15(21)11-14)26-18(27)16(22)8-5-9-25-20(23)24-3/h4,6-7,11,13,16-17H,5,8-10,12,22H2,1-3H3,(H,26,27)(H3,23,24,25)/t16-,17+/m1/s1. The maximum atomic E-state index is 12.5. The molecule has 1 aromatic rings. The van der Waals surface area contributed by atoms with Crippen LogP contribution in [0.3, 0.4) is 0 Å². The van der Waals surface area contributed by atoms with Crippen molar-refractivity contribution >= 4 is 29.4 Å². The monoisotopic (exact) mass is 425 g/mol. The van der Waals surface area contributed by atoms with Gasteiger partial charge in [0.2, 0.25) is 5.91 Å². The topological polar surface area (TPSA) is 129 Å². The van der Waals surface area contributed by atoms with Crippen LogP contribution in [0.15, 0.2) is 24.3 Å². The minimum absolute atomic E-state index is 0.0823. The van der Waals surface area contributed by atoms with Gasteiger partial charge >= 0.3 is 5.97 Å². The van der Waals surface area contributed by atoms with Crippen molar-refractivity contribution in [1.29, 1.82) is 5.41 Å². The van der Waals surface area contributed by atoms with Crippen LogP contribution >= 0.6 is 11.6 Å². The molecule has 6 N–H and O–H groups in total. The summed E-state index contributed by atoms with van der Waals surface area (Å²) in [6.45, 7) is 4.54. The molecule has 0 radical (unpaired) electrons. The number of benzene rings is 1. The van der Waals surface area contributed by atoms with E-state index in [0.29, 0.717) is 30.8 Å². The van der Waals surface area contributed by atoms with Crippen molar-refractivity contribution in [2.75, 3.05) is 13.6 Å². The number of ether oxygens (including phenoxy) is 1. The molecule has 0 aromatic heterocycles. The average Bonchev–Trinajstić information content (AvgIpc) is 2.68. The molecule has 8 nitrogen and oxygen atoms in total. The Labute approximate surface area is 177 Å². The van der Waals surface area contributed by atoms with Crippen molar-refractivity contribution in [3.8, 4) is 0 Å². The van der Waals surface area contributed by atoms with Crippen molar-refractivity contribution < 1.29 is 14.3 Å². The van der Waals surface area contributed by atoms with E-state index in [4.69, 9.17) is 27.5 Å². The lowest BCUT2D eigenvalue weighted by atomic mass is 10.0. The molecule has 2 atom stereocenters. The Morgan fingerprint density at radius 3 is 2.66 bits per heavy atom. The quantitative estimate of drug-likeness (QED) is 0.159. The minimum atomic E-state index is -0.761. The van der Waals surface area contributed by atoms with Gasteiger partial charge in [-0.1, -0.05) is 37.6 Å². The molecule has 0 saturated heterocycles. The van der Waals surface area contributed by atoms with Crippen molar-refractivity contribution in [2.45, 2.75) is 51.8 Å². The number of carbonyl (C=O) groups excluding carboxylic acids is 2. The van der Waals surface area contributed by atoms with Gasteiger partial charge in [0, 0.05) is 18.6 Å². The molecule has 0 bridgehead atoms. The first-order valence-corrected chi connectivity index (χ1v) is 10.1. The van der Waals surface area contributed by atoms with Crippen LogP contribution in [0.2, 0.25) is 5.02 Å². The smallest absolute Gasteiger partial charge is 0.328 e. The van der Waals surface area contributed by atoms with Gasteiger partial charge < -0.3 is 26.4 Å². The van der Waals surface area contributed by atoms with Crippen LogP contribution in [0.5, 0.6) is 0 Å². The highest BCUT2D eigenvalue weighted by molar-refractivity contribution is 6.30. The molecular formula is C20H32ClN5O3. The first-order valence-electron chi connectivity index (χ1n) is 9.70. The van der Waals surface area contributed by atoms with Crippen LogP contribution in [0.1, 0.15) is 38.7 Å². The number of nitrogens with two attached hydrogens (primary N) is 1. The van der Waals surface area contributed by atoms with Crippen LogP contribution in [0.4, 0.5) is 0 Å². The van der Waals surface area contributed by atoms with Crippen LogP contribution in [-0.2, 0) is 20.9 Å². The van der Waals surface area contributed by atoms with Crippen molar-refractivity contribution in [1.82, 2.24) is 16.0 Å². The first-order chi connectivity index (χ1) is 13.7. The van der Waals surface area contributed by atoms with Gasteiger partial charge in [-0.15, -0.1) is 0 Å². The molecular weight excluding hydrogens is 394 g/mol. The molecule has 1 rings (SSSR count). The van der Waals surface area contributed by atoms with E-state index in [1.165, 1.54) is 0 Å². The number of halogens is 1. The predicted molar refractivity (Wildman–Crippen MR) is 115 cm³/mol. The van der Waals surface area contributed by atoms with E-state index in [-0.39, 0.29) is 24.4 Å². The van der Waals surface area contributed by atoms with E-state index in [1.54, 1.807) is 25.2 Å². The third-order valence-electron chi connectivity index (χ3n) is 4.16. The molecule has 1 aromatic carbocycles. The summed E-state index contributed by atoms with van der Waals surface area (Å²) < 4.78 is 5.37. The Hall–Kier alpha value is -2.32. The number of hydrogen-bond donors (Lipinski definition) is 5. The first kappa shape index (κ1) is 24.7. The molecule has 0 spiro atoms. The van der Waals surface area contributed by atoms with Gasteiger partial charge in [-0.05, 0) is 42.9 Å². The number of nitrogens with one attached hydrogen (secondary N) is 4. The summed E-state index contributed by atoms with van der Waals surface area (Å²) in [5.41, 5.74) is 6.73. The van der Waals surface area contributed by atoms with Crippen molar-refractivity contribution in [3.63, 3.8) is 0 Å². The lowest BCUT2D eigenvalue weighted by molar-refractivity contribution is -0.149. The van der Waals surface area contributed by atoms with E-state index >= 15 is 0 Å². The van der Waals surface area contributed by atoms with Gasteiger partial charge in [0.15, 0.2) is 5.96 Å². The second-order valence-corrected chi connectivity index (χ2v) is 7.67. The number of amides is 1. The van der Waals surface area contributed by atoms with E-state index in [0.717, 1.165) is 5.56 Å². The Kier molecular flexibility index (Phi) is 11.1. The number of esters is 1. The fourth-order valence-electron chi connectivity index (χ4n) is 2.60. The van der Waals surface area contributed by atoms with E-state index in [9.17, 15) is 9.59 Å². The fourth-order valence-corrected chi connectivity index (χ4v) is 2.81. The Balaban J connectivity index is 2.54. The van der Waals surface area contributed by atoms with Crippen molar-refractivity contribution in [2.24, 2.45) is 11.7 Å². The Morgan fingerprint density at radius 2 is 2.03 bits per heavy atom. The Morgan fingerprint density at radius 1 is 1.31 bits per heavy atom. The normalized spacial score (nSPS) is 12.8. The zero-order chi connectivity index (χ0) is 21.8. The lowest BCUT2D eigenvalue weighted by Gasteiger charge is -2.21. The number of rotatable bonds is 11. The molecule has 0 aliphatic heterocycles. The van der Waals surface area contributed by atoms with Crippen LogP contribution in [0.25, 0.3) is 0 Å². The summed E-state index contributed by atoms with van der Waals surface area (Å²) >= 11 is 5.94. The van der Waals surface area contributed by atoms with Gasteiger partial charge in [-0.25, -0.2) is 4.79 Å². The third kappa shape index (κ3) is 10.1. The summed E-state index contributed by atoms with van der Waals surface area (Å²) in [4.78, 5) is 24.9. The molecule has 29 heavy (non-hydrogen) atoms. The minimum Gasteiger partial charge on any atom is -0.459 e. The third-order valence-corrected chi connectivity index (χ3v) is 4.39. The molecule has 0 saturated carbocycles. The summed E-state index contributed by atoms with van der Waals surface area (Å²) in [5.74, 6) is -0.489. The van der Waals surface area contributed by atoms with Gasteiger partial charge in [0.25, 0.3) is 0 Å². The van der Waals surface area contributed by atoms with E-state index in [2.05, 4.69) is 16.0 Å². The second kappa shape index (κ2) is 13.0. The molecule has 0 unspecified atom stereocenters. The molecule has 0 aliphatic rings. The summed E-state index contributed by atoms with van der Waals surface area (Å²) in [5, 5.41) is 16.2. The van der Waals surface area contributed by atoms with Crippen molar-refractivity contribution in [3.05, 3.63) is 34.9 Å². The number of guanidine groups is 1. The van der Waals surface area contributed by atoms with Gasteiger partial charge in [-0.3, -0.25) is 10.2 Å². The summed E-state index contributed by atoms with van der Waals surface area (Å²) in [6.07, 6.45) is 1.50. The SMILES string of the molecule is CNC(=N)NCCC[C@@H](N)C(=O)N[C@@H](CC(C)C)C(=O)OCc1cccc(Cl)c1. The van der Waals surface area contributed by atoms with Crippen LogP contribution in [-0.4, -0.2) is 43.5 Å². The fraction of sp³-hybridized carbons (Fsp3) is 0.550. The molecule has 0 aliphatic carbocycles. The molecule has 0 fully saturated rings. The van der Waals surface area contributed by atoms with Crippen LogP contribution in [0, 0.1) is 11.3 Å². The van der Waals surface area contributed by atoms with Gasteiger partial charge in [-0.2, -0.15) is 0 Å². The average molecular weight is 426 g/mol. The largest absolute Gasteiger partial charge is 0.459 e. The molecule has 162 valence electrons. The van der Waals surface area contributed by atoms with Crippen LogP contribution < -0.4 is 21.7 Å². The van der Waals surface area contributed by atoms with Gasteiger partial charge in [0.1, 0.15) is 12.6 Å². The van der Waals surface area contributed by atoms with E-state index < -0.39 is 18.1 Å². The highest BCUT2D eigenvalue weighted by Gasteiger charge is 2.25. The zero-order valence-corrected chi connectivity index (χ0v) is 18.0. The highest BCUT2D eigenvalue weighted by Crippen LogP contribution is 2.13. The second-order valence-electron chi connectivity index (χ2n) is 7.23. The summed E-state index contributed by atoms with van der Waals surface area (Å²) in [7, 11) is 1.65. The maximum Gasteiger partial charge on any atom is 0.328 e. The molecule has 0 heterocycles. The maximum absolute atomic E-state index is 12.5. The highest BCUT2D eigenvalue weighted by atomic mass is 35.5. The van der Waals surface area contributed by atoms with Gasteiger partial charge in [0.05, 0.1) is 6.04 Å². The number of hydrogen-bond acceptors (Lipinski definition) is 5. The molecule has 9 heteroatoms. The molecule has 1 amide bonds. The summed E-state index contributed by atoms with van der Waals surface area (Å²) in [6, 6.07) is 5.56. The zero-order valence-electron chi connectivity index (χ0n) is 17.3.